The monoisotopic (exact) mass is 244 g/mol. The summed E-state index contributed by atoms with van der Waals surface area (Å²) in [5, 5.41) is 10.6. The van der Waals surface area contributed by atoms with E-state index in [1.807, 2.05) is 25.1 Å². The number of benzene rings is 1. The summed E-state index contributed by atoms with van der Waals surface area (Å²) in [6.07, 6.45) is 1.15. The second-order valence-corrected chi connectivity index (χ2v) is 4.90. The minimum atomic E-state index is 0.704. The van der Waals surface area contributed by atoms with Crippen LogP contribution in [-0.4, -0.2) is 21.7 Å². The topological polar surface area (TPSA) is 53.6 Å². The molecule has 0 saturated carbocycles. The van der Waals surface area contributed by atoms with Gasteiger partial charge in [0, 0.05) is 17.8 Å². The molecule has 4 nitrogen and oxygen atoms in total. The molecule has 0 aliphatic carbocycles. The van der Waals surface area contributed by atoms with Crippen molar-refractivity contribution in [1.82, 2.24) is 15.2 Å². The van der Waals surface area contributed by atoms with Gasteiger partial charge >= 0.3 is 0 Å². The van der Waals surface area contributed by atoms with Crippen molar-refractivity contribution in [2.75, 3.05) is 11.9 Å². The van der Waals surface area contributed by atoms with Gasteiger partial charge in [-0.2, -0.15) is 5.10 Å². The Morgan fingerprint density at radius 2 is 2.06 bits per heavy atom. The van der Waals surface area contributed by atoms with Gasteiger partial charge in [0.15, 0.2) is 5.82 Å². The number of aryl methyl sites for hydroxylation is 1. The highest BCUT2D eigenvalue weighted by Crippen LogP contribution is 2.24. The van der Waals surface area contributed by atoms with Gasteiger partial charge in [-0.05, 0) is 31.4 Å². The average molecular weight is 244 g/mol. The van der Waals surface area contributed by atoms with Gasteiger partial charge in [0.05, 0.1) is 0 Å². The van der Waals surface area contributed by atoms with Crippen LogP contribution >= 0.6 is 0 Å². The van der Waals surface area contributed by atoms with Crippen molar-refractivity contribution >= 4 is 5.69 Å². The van der Waals surface area contributed by atoms with Gasteiger partial charge < -0.3 is 5.32 Å². The summed E-state index contributed by atoms with van der Waals surface area (Å²) in [5.41, 5.74) is 2.14. The second-order valence-electron chi connectivity index (χ2n) is 4.90. The van der Waals surface area contributed by atoms with Crippen LogP contribution in [0.3, 0.4) is 0 Å². The van der Waals surface area contributed by atoms with Crippen molar-refractivity contribution in [3.05, 3.63) is 30.1 Å². The lowest BCUT2D eigenvalue weighted by Gasteiger charge is -2.11. The summed E-state index contributed by atoms with van der Waals surface area (Å²) in [6.45, 7) is 7.34. The van der Waals surface area contributed by atoms with Crippen molar-refractivity contribution < 1.29 is 0 Å². The van der Waals surface area contributed by atoms with E-state index >= 15 is 0 Å². The molecule has 0 unspecified atom stereocenters. The third kappa shape index (κ3) is 3.09. The predicted octanol–water partition coefficient (Wildman–Crippen LogP) is 3.24. The first kappa shape index (κ1) is 12.6. The smallest absolute Gasteiger partial charge is 0.183 e. The molecule has 18 heavy (non-hydrogen) atoms. The normalized spacial score (nSPS) is 10.9. The minimum Gasteiger partial charge on any atom is -0.384 e. The van der Waals surface area contributed by atoms with Crippen LogP contribution in [0.5, 0.6) is 0 Å². The lowest BCUT2D eigenvalue weighted by atomic mass is 10.1. The number of para-hydroxylation sites is 1. The van der Waals surface area contributed by atoms with E-state index in [4.69, 9.17) is 0 Å². The summed E-state index contributed by atoms with van der Waals surface area (Å²) < 4.78 is 0. The Morgan fingerprint density at radius 3 is 2.72 bits per heavy atom. The van der Waals surface area contributed by atoms with Crippen molar-refractivity contribution in [3.63, 3.8) is 0 Å². The molecular formula is C14H20N4. The maximum atomic E-state index is 4.38. The number of hydrogen-bond acceptors (Lipinski definition) is 3. The van der Waals surface area contributed by atoms with Crippen molar-refractivity contribution in [1.29, 1.82) is 0 Å². The van der Waals surface area contributed by atoms with E-state index in [1.165, 1.54) is 0 Å². The summed E-state index contributed by atoms with van der Waals surface area (Å²) in [7, 11) is 0. The number of aromatic amines is 1. The van der Waals surface area contributed by atoms with Crippen molar-refractivity contribution in [3.8, 4) is 11.4 Å². The van der Waals surface area contributed by atoms with Gasteiger partial charge in [-0.3, -0.25) is 5.10 Å². The first-order valence-corrected chi connectivity index (χ1v) is 6.39. The van der Waals surface area contributed by atoms with E-state index in [0.29, 0.717) is 5.92 Å². The number of anilines is 1. The van der Waals surface area contributed by atoms with E-state index < -0.39 is 0 Å². The highest BCUT2D eigenvalue weighted by molar-refractivity contribution is 5.73. The number of hydrogen-bond donors (Lipinski definition) is 2. The summed E-state index contributed by atoms with van der Waals surface area (Å²) in [4.78, 5) is 4.38. The lowest BCUT2D eigenvalue weighted by molar-refractivity contribution is 0.607. The Morgan fingerprint density at radius 1 is 1.28 bits per heavy atom. The molecule has 0 bridgehead atoms. The molecule has 0 aliphatic rings. The largest absolute Gasteiger partial charge is 0.384 e. The van der Waals surface area contributed by atoms with Gasteiger partial charge in [0.1, 0.15) is 5.82 Å². The average Bonchev–Trinajstić information content (AvgIpc) is 2.76. The van der Waals surface area contributed by atoms with Crippen LogP contribution in [-0.2, 0) is 0 Å². The zero-order chi connectivity index (χ0) is 13.0. The fourth-order valence-electron chi connectivity index (χ4n) is 1.79. The Labute approximate surface area is 108 Å². The fourth-order valence-corrected chi connectivity index (χ4v) is 1.79. The van der Waals surface area contributed by atoms with Crippen LogP contribution in [0.4, 0.5) is 5.69 Å². The second kappa shape index (κ2) is 5.67. The molecule has 0 spiro atoms. The van der Waals surface area contributed by atoms with Crippen LogP contribution in [0.2, 0.25) is 0 Å². The lowest BCUT2D eigenvalue weighted by Crippen LogP contribution is -2.05. The molecule has 0 aliphatic heterocycles. The van der Waals surface area contributed by atoms with Crippen LogP contribution in [0, 0.1) is 12.8 Å². The molecule has 0 atom stereocenters. The molecule has 0 amide bonds. The highest BCUT2D eigenvalue weighted by atomic mass is 15.2. The molecule has 0 fully saturated rings. The van der Waals surface area contributed by atoms with Gasteiger partial charge in [-0.1, -0.05) is 26.0 Å². The number of nitrogens with one attached hydrogen (secondary N) is 2. The molecule has 2 rings (SSSR count). The number of rotatable bonds is 5. The minimum absolute atomic E-state index is 0.704. The Hall–Kier alpha value is -1.84. The first-order chi connectivity index (χ1) is 8.66. The van der Waals surface area contributed by atoms with Crippen molar-refractivity contribution in [2.45, 2.75) is 27.2 Å². The summed E-state index contributed by atoms with van der Waals surface area (Å²) >= 11 is 0. The van der Waals surface area contributed by atoms with E-state index in [-0.39, 0.29) is 0 Å². The quantitative estimate of drug-likeness (QED) is 0.849. The molecule has 1 aromatic carbocycles. The predicted molar refractivity (Wildman–Crippen MR) is 74.5 cm³/mol. The zero-order valence-electron chi connectivity index (χ0n) is 11.2. The number of aromatic nitrogens is 3. The Kier molecular flexibility index (Phi) is 3.97. The molecule has 2 N–H and O–H groups in total. The van der Waals surface area contributed by atoms with Crippen LogP contribution in [0.25, 0.3) is 11.4 Å². The van der Waals surface area contributed by atoms with Gasteiger partial charge in [-0.15, -0.1) is 0 Å². The van der Waals surface area contributed by atoms with E-state index in [0.717, 1.165) is 35.9 Å². The Bertz CT molecular complexity index is 502. The summed E-state index contributed by atoms with van der Waals surface area (Å²) in [5.74, 6) is 2.29. The maximum Gasteiger partial charge on any atom is 0.183 e. The van der Waals surface area contributed by atoms with Crippen LogP contribution in [0.1, 0.15) is 26.1 Å². The molecule has 0 saturated heterocycles. The SMILES string of the molecule is Cc1nc(-c2ccccc2NCCC(C)C)n[nH]1. The molecule has 0 radical (unpaired) electrons. The molecule has 1 aromatic heterocycles. The first-order valence-electron chi connectivity index (χ1n) is 6.39. The van der Waals surface area contributed by atoms with Crippen LogP contribution in [0.15, 0.2) is 24.3 Å². The third-order valence-electron chi connectivity index (χ3n) is 2.80. The standard InChI is InChI=1S/C14H20N4/c1-10(2)8-9-15-13-7-5-4-6-12(13)14-16-11(3)17-18-14/h4-7,10,15H,8-9H2,1-3H3,(H,16,17,18). The number of H-pyrrole nitrogens is 1. The summed E-state index contributed by atoms with van der Waals surface area (Å²) in [6, 6.07) is 8.15. The van der Waals surface area contributed by atoms with Gasteiger partial charge in [0.25, 0.3) is 0 Å². The highest BCUT2D eigenvalue weighted by Gasteiger charge is 2.08. The Balaban J connectivity index is 2.15. The molecular weight excluding hydrogens is 224 g/mol. The fraction of sp³-hybridized carbons (Fsp3) is 0.429. The van der Waals surface area contributed by atoms with Gasteiger partial charge in [0.2, 0.25) is 0 Å². The third-order valence-corrected chi connectivity index (χ3v) is 2.80. The molecule has 4 heteroatoms. The number of nitrogens with zero attached hydrogens (tertiary/aromatic N) is 2. The van der Waals surface area contributed by atoms with E-state index in [9.17, 15) is 0 Å². The zero-order valence-corrected chi connectivity index (χ0v) is 11.2. The maximum absolute atomic E-state index is 4.38. The molecule has 96 valence electrons. The van der Waals surface area contributed by atoms with Crippen molar-refractivity contribution in [2.24, 2.45) is 5.92 Å². The molecule has 1 heterocycles. The van der Waals surface area contributed by atoms with Crippen LogP contribution < -0.4 is 5.32 Å². The van der Waals surface area contributed by atoms with E-state index in [1.54, 1.807) is 0 Å². The molecule has 2 aromatic rings. The van der Waals surface area contributed by atoms with Gasteiger partial charge in [-0.25, -0.2) is 4.98 Å². The van der Waals surface area contributed by atoms with E-state index in [2.05, 4.69) is 40.4 Å².